The van der Waals surface area contributed by atoms with Gasteiger partial charge in [-0.25, -0.2) is 4.98 Å². The van der Waals surface area contributed by atoms with E-state index in [0.29, 0.717) is 23.7 Å². The SMILES string of the molecule is CCCCCCn1c(CCNC(=O)COc2ccc(Cl)cc2)nc2ccccc21. The third kappa shape index (κ3) is 6.23. The second-order valence-corrected chi connectivity index (χ2v) is 7.51. The molecule has 3 rings (SSSR count). The quantitative estimate of drug-likeness (QED) is 0.449. The van der Waals surface area contributed by atoms with Gasteiger partial charge < -0.3 is 14.6 Å². The zero-order valence-corrected chi connectivity index (χ0v) is 17.6. The molecule has 1 amide bonds. The monoisotopic (exact) mass is 413 g/mol. The van der Waals surface area contributed by atoms with Crippen LogP contribution < -0.4 is 10.1 Å². The molecule has 0 saturated heterocycles. The van der Waals surface area contributed by atoms with Crippen LogP contribution >= 0.6 is 11.6 Å². The van der Waals surface area contributed by atoms with E-state index in [4.69, 9.17) is 21.3 Å². The van der Waals surface area contributed by atoms with Crippen LogP contribution in [0.1, 0.15) is 38.4 Å². The Morgan fingerprint density at radius 1 is 1.10 bits per heavy atom. The molecule has 0 spiro atoms. The van der Waals surface area contributed by atoms with Gasteiger partial charge in [0.1, 0.15) is 11.6 Å². The van der Waals surface area contributed by atoms with Crippen LogP contribution in [0.15, 0.2) is 48.5 Å². The van der Waals surface area contributed by atoms with Crippen LogP contribution in [0.4, 0.5) is 0 Å². The van der Waals surface area contributed by atoms with Gasteiger partial charge in [-0.05, 0) is 42.8 Å². The lowest BCUT2D eigenvalue weighted by Gasteiger charge is -2.10. The zero-order chi connectivity index (χ0) is 20.5. The lowest BCUT2D eigenvalue weighted by atomic mass is 10.2. The number of amides is 1. The molecule has 0 saturated carbocycles. The molecule has 0 aliphatic heterocycles. The largest absolute Gasteiger partial charge is 0.484 e. The number of rotatable bonds is 11. The Labute approximate surface area is 177 Å². The van der Waals surface area contributed by atoms with Gasteiger partial charge in [0.15, 0.2) is 6.61 Å². The summed E-state index contributed by atoms with van der Waals surface area (Å²) in [4.78, 5) is 16.9. The van der Waals surface area contributed by atoms with E-state index in [1.165, 1.54) is 19.3 Å². The number of imidazole rings is 1. The van der Waals surface area contributed by atoms with E-state index in [1.807, 2.05) is 18.2 Å². The standard InChI is InChI=1S/C23H28ClN3O2/c1-2-3-4-7-16-27-21-9-6-5-8-20(21)26-22(27)14-15-25-23(28)17-29-19-12-10-18(24)11-13-19/h5-6,8-13H,2-4,7,14-17H2,1H3,(H,25,28). The van der Waals surface area contributed by atoms with Crippen LogP contribution in [-0.2, 0) is 17.8 Å². The summed E-state index contributed by atoms with van der Waals surface area (Å²) >= 11 is 5.85. The van der Waals surface area contributed by atoms with Gasteiger partial charge in [0.25, 0.3) is 5.91 Å². The third-order valence-electron chi connectivity index (χ3n) is 4.82. The number of aromatic nitrogens is 2. The molecule has 0 atom stereocenters. The zero-order valence-electron chi connectivity index (χ0n) is 16.9. The van der Waals surface area contributed by atoms with E-state index in [2.05, 4.69) is 22.9 Å². The number of halogens is 1. The molecule has 6 heteroatoms. The molecule has 1 aromatic heterocycles. The molecule has 3 aromatic rings. The molecule has 1 heterocycles. The van der Waals surface area contributed by atoms with Crippen molar-refractivity contribution in [1.82, 2.24) is 14.9 Å². The predicted octanol–water partition coefficient (Wildman–Crippen LogP) is 5.01. The highest BCUT2D eigenvalue weighted by molar-refractivity contribution is 6.30. The number of unbranched alkanes of at least 4 members (excludes halogenated alkanes) is 3. The fourth-order valence-electron chi connectivity index (χ4n) is 3.31. The minimum absolute atomic E-state index is 0.0188. The van der Waals surface area contributed by atoms with Crippen molar-refractivity contribution in [3.05, 3.63) is 59.4 Å². The van der Waals surface area contributed by atoms with Gasteiger partial charge in [-0.3, -0.25) is 4.79 Å². The number of carbonyl (C=O) groups excluding carboxylic acids is 1. The Bertz CT molecular complexity index is 922. The smallest absolute Gasteiger partial charge is 0.257 e. The van der Waals surface area contributed by atoms with Crippen molar-refractivity contribution in [2.24, 2.45) is 0 Å². The first-order chi connectivity index (χ1) is 14.2. The molecule has 0 fully saturated rings. The Hall–Kier alpha value is -2.53. The van der Waals surface area contributed by atoms with Crippen molar-refractivity contribution in [2.75, 3.05) is 13.2 Å². The van der Waals surface area contributed by atoms with E-state index >= 15 is 0 Å². The molecule has 0 aliphatic rings. The van der Waals surface area contributed by atoms with Crippen molar-refractivity contribution < 1.29 is 9.53 Å². The number of nitrogens with one attached hydrogen (secondary N) is 1. The highest BCUT2D eigenvalue weighted by Gasteiger charge is 2.11. The van der Waals surface area contributed by atoms with Gasteiger partial charge in [0, 0.05) is 24.5 Å². The summed E-state index contributed by atoms with van der Waals surface area (Å²) in [7, 11) is 0. The number of nitrogens with zero attached hydrogens (tertiary/aromatic N) is 2. The summed E-state index contributed by atoms with van der Waals surface area (Å²) in [6.45, 7) is 3.69. The molecular weight excluding hydrogens is 386 g/mol. The van der Waals surface area contributed by atoms with Crippen molar-refractivity contribution >= 4 is 28.5 Å². The maximum atomic E-state index is 12.1. The van der Waals surface area contributed by atoms with Crippen LogP contribution in [0.5, 0.6) is 5.75 Å². The number of carbonyl (C=O) groups is 1. The van der Waals surface area contributed by atoms with Crippen LogP contribution in [0.25, 0.3) is 11.0 Å². The van der Waals surface area contributed by atoms with Gasteiger partial charge in [0.05, 0.1) is 11.0 Å². The number of benzene rings is 2. The molecule has 0 radical (unpaired) electrons. The Morgan fingerprint density at radius 2 is 1.90 bits per heavy atom. The van der Waals surface area contributed by atoms with Crippen LogP contribution in [0.3, 0.4) is 0 Å². The summed E-state index contributed by atoms with van der Waals surface area (Å²) < 4.78 is 7.77. The molecule has 29 heavy (non-hydrogen) atoms. The second-order valence-electron chi connectivity index (χ2n) is 7.07. The average molecular weight is 414 g/mol. The van der Waals surface area contributed by atoms with E-state index in [9.17, 15) is 4.79 Å². The molecule has 1 N–H and O–H groups in total. The highest BCUT2D eigenvalue weighted by Crippen LogP contribution is 2.18. The van der Waals surface area contributed by atoms with Crippen molar-refractivity contribution in [1.29, 1.82) is 0 Å². The van der Waals surface area contributed by atoms with Gasteiger partial charge in [-0.1, -0.05) is 49.9 Å². The van der Waals surface area contributed by atoms with E-state index in [1.54, 1.807) is 24.3 Å². The lowest BCUT2D eigenvalue weighted by Crippen LogP contribution is -2.31. The van der Waals surface area contributed by atoms with Crippen LogP contribution in [0, 0.1) is 0 Å². The van der Waals surface area contributed by atoms with Crippen molar-refractivity contribution in [2.45, 2.75) is 45.6 Å². The fraction of sp³-hybridized carbons (Fsp3) is 0.391. The van der Waals surface area contributed by atoms with E-state index in [0.717, 1.165) is 29.8 Å². The molecule has 154 valence electrons. The second kappa shape index (κ2) is 10.9. The number of fused-ring (bicyclic) bond motifs is 1. The number of aryl methyl sites for hydroxylation is 1. The third-order valence-corrected chi connectivity index (χ3v) is 5.08. The van der Waals surface area contributed by atoms with E-state index < -0.39 is 0 Å². The maximum absolute atomic E-state index is 12.1. The number of para-hydroxylation sites is 2. The Balaban J connectivity index is 1.52. The normalized spacial score (nSPS) is 11.0. The first-order valence-electron chi connectivity index (χ1n) is 10.3. The first-order valence-corrected chi connectivity index (χ1v) is 10.6. The number of hydrogen-bond acceptors (Lipinski definition) is 3. The molecule has 0 unspecified atom stereocenters. The van der Waals surface area contributed by atoms with Gasteiger partial charge >= 0.3 is 0 Å². The summed E-state index contributed by atoms with van der Waals surface area (Å²) in [6.07, 6.45) is 5.53. The van der Waals surface area contributed by atoms with Crippen LogP contribution in [-0.4, -0.2) is 28.6 Å². The maximum Gasteiger partial charge on any atom is 0.257 e. The summed E-state index contributed by atoms with van der Waals surface area (Å²) in [6, 6.07) is 15.2. The first kappa shape index (κ1) is 21.2. The van der Waals surface area contributed by atoms with Gasteiger partial charge in [-0.2, -0.15) is 0 Å². The Kier molecular flexibility index (Phi) is 7.94. The molecule has 0 bridgehead atoms. The summed E-state index contributed by atoms with van der Waals surface area (Å²) in [5.41, 5.74) is 2.17. The predicted molar refractivity (Wildman–Crippen MR) is 118 cm³/mol. The molecule has 2 aromatic carbocycles. The van der Waals surface area contributed by atoms with Crippen molar-refractivity contribution in [3.8, 4) is 5.75 Å². The molecular formula is C23H28ClN3O2. The van der Waals surface area contributed by atoms with Crippen LogP contribution in [0.2, 0.25) is 5.02 Å². The summed E-state index contributed by atoms with van der Waals surface area (Å²) in [5, 5.41) is 3.56. The summed E-state index contributed by atoms with van der Waals surface area (Å²) in [5.74, 6) is 1.49. The Morgan fingerprint density at radius 3 is 2.69 bits per heavy atom. The minimum Gasteiger partial charge on any atom is -0.484 e. The van der Waals surface area contributed by atoms with E-state index in [-0.39, 0.29) is 12.5 Å². The fourth-order valence-corrected chi connectivity index (χ4v) is 3.43. The average Bonchev–Trinajstić information content (AvgIpc) is 3.08. The van der Waals surface area contributed by atoms with Gasteiger partial charge in [0.2, 0.25) is 0 Å². The number of hydrogen-bond donors (Lipinski definition) is 1. The lowest BCUT2D eigenvalue weighted by molar-refractivity contribution is -0.123. The highest BCUT2D eigenvalue weighted by atomic mass is 35.5. The minimum atomic E-state index is -0.148. The number of ether oxygens (including phenoxy) is 1. The molecule has 5 nitrogen and oxygen atoms in total. The molecule has 0 aliphatic carbocycles. The van der Waals surface area contributed by atoms with Gasteiger partial charge in [-0.15, -0.1) is 0 Å². The topological polar surface area (TPSA) is 56.2 Å². The van der Waals surface area contributed by atoms with Crippen molar-refractivity contribution in [3.63, 3.8) is 0 Å².